The molecule has 0 aromatic carbocycles. The van der Waals surface area contributed by atoms with Crippen LogP contribution in [-0.4, -0.2) is 53.6 Å². The van der Waals surface area contributed by atoms with E-state index in [0.29, 0.717) is 12.6 Å². The lowest BCUT2D eigenvalue weighted by Gasteiger charge is -2.28. The van der Waals surface area contributed by atoms with E-state index in [1.807, 2.05) is 6.92 Å². The van der Waals surface area contributed by atoms with Gasteiger partial charge >= 0.3 is 6.01 Å². The van der Waals surface area contributed by atoms with Crippen molar-refractivity contribution in [1.82, 2.24) is 19.9 Å². The lowest BCUT2D eigenvalue weighted by molar-refractivity contribution is 0.253. The van der Waals surface area contributed by atoms with Gasteiger partial charge in [-0.05, 0) is 37.5 Å². The summed E-state index contributed by atoms with van der Waals surface area (Å²) in [6.45, 7) is 8.63. The van der Waals surface area contributed by atoms with Gasteiger partial charge < -0.3 is 15.0 Å². The van der Waals surface area contributed by atoms with E-state index < -0.39 is 0 Å². The molecule has 20 heavy (non-hydrogen) atoms. The molecule has 1 heterocycles. The van der Waals surface area contributed by atoms with E-state index in [1.165, 1.54) is 0 Å². The van der Waals surface area contributed by atoms with Crippen molar-refractivity contribution in [3.05, 3.63) is 5.28 Å². The van der Waals surface area contributed by atoms with Gasteiger partial charge in [0.2, 0.25) is 11.2 Å². The van der Waals surface area contributed by atoms with Crippen molar-refractivity contribution < 1.29 is 4.74 Å². The second kappa shape index (κ2) is 7.59. The van der Waals surface area contributed by atoms with Crippen LogP contribution >= 0.6 is 11.6 Å². The van der Waals surface area contributed by atoms with E-state index in [0.717, 1.165) is 19.5 Å². The summed E-state index contributed by atoms with van der Waals surface area (Å²) in [4.78, 5) is 14.3. The van der Waals surface area contributed by atoms with Crippen molar-refractivity contribution in [3.8, 4) is 6.01 Å². The molecule has 0 atom stereocenters. The van der Waals surface area contributed by atoms with Crippen LogP contribution in [0.3, 0.4) is 0 Å². The highest BCUT2D eigenvalue weighted by Crippen LogP contribution is 2.18. The van der Waals surface area contributed by atoms with Gasteiger partial charge in [0.25, 0.3) is 0 Å². The van der Waals surface area contributed by atoms with Gasteiger partial charge in [0.05, 0.1) is 6.61 Å². The first-order valence-corrected chi connectivity index (χ1v) is 7.13. The van der Waals surface area contributed by atoms with Gasteiger partial charge in [-0.2, -0.15) is 15.0 Å². The van der Waals surface area contributed by atoms with Crippen molar-refractivity contribution >= 4 is 17.5 Å². The van der Waals surface area contributed by atoms with Crippen LogP contribution in [0, 0.1) is 5.41 Å². The molecule has 1 aromatic rings. The molecule has 1 rings (SSSR count). The summed E-state index contributed by atoms with van der Waals surface area (Å²) >= 11 is 5.87. The SMILES string of the molecule is CCCOc1nc(Cl)nc(NCC(C)(C)CN(C)C)n1. The van der Waals surface area contributed by atoms with Crippen LogP contribution in [0.1, 0.15) is 27.2 Å². The Morgan fingerprint density at radius 2 is 1.95 bits per heavy atom. The number of aromatic nitrogens is 3. The minimum Gasteiger partial charge on any atom is -0.463 e. The second-order valence-corrected chi connectivity index (χ2v) is 6.15. The van der Waals surface area contributed by atoms with Gasteiger partial charge in [-0.15, -0.1) is 0 Å². The summed E-state index contributed by atoms with van der Waals surface area (Å²) in [5.41, 5.74) is 0.0903. The van der Waals surface area contributed by atoms with E-state index in [4.69, 9.17) is 16.3 Å². The van der Waals surface area contributed by atoms with Gasteiger partial charge in [-0.25, -0.2) is 0 Å². The standard InChI is InChI=1S/C13H24ClN5O/c1-6-7-20-12-17-10(14)16-11(18-12)15-8-13(2,3)9-19(4)5/h6-9H2,1-5H3,(H,15,16,17,18). The number of nitrogens with zero attached hydrogens (tertiary/aromatic N) is 4. The third kappa shape index (κ3) is 6.34. The van der Waals surface area contributed by atoms with Crippen LogP contribution in [0.15, 0.2) is 0 Å². The molecule has 0 radical (unpaired) electrons. The zero-order valence-corrected chi connectivity index (χ0v) is 13.7. The van der Waals surface area contributed by atoms with E-state index in [-0.39, 0.29) is 16.7 Å². The van der Waals surface area contributed by atoms with E-state index >= 15 is 0 Å². The van der Waals surface area contributed by atoms with Crippen LogP contribution in [0.25, 0.3) is 0 Å². The van der Waals surface area contributed by atoms with Gasteiger partial charge in [0, 0.05) is 13.1 Å². The number of anilines is 1. The normalized spacial score (nSPS) is 11.8. The third-order valence-corrected chi connectivity index (χ3v) is 2.66. The lowest BCUT2D eigenvalue weighted by Crippen LogP contribution is -2.34. The maximum atomic E-state index is 5.87. The Balaban J connectivity index is 2.65. The molecule has 7 heteroatoms. The molecule has 0 fully saturated rings. The first-order chi connectivity index (χ1) is 9.32. The second-order valence-electron chi connectivity index (χ2n) is 5.81. The average Bonchev–Trinajstić information content (AvgIpc) is 2.32. The maximum Gasteiger partial charge on any atom is 0.322 e. The van der Waals surface area contributed by atoms with E-state index in [2.05, 4.69) is 53.1 Å². The summed E-state index contributed by atoms with van der Waals surface area (Å²) in [7, 11) is 4.11. The van der Waals surface area contributed by atoms with Gasteiger partial charge in [0.15, 0.2) is 0 Å². The fraction of sp³-hybridized carbons (Fsp3) is 0.769. The summed E-state index contributed by atoms with van der Waals surface area (Å²) in [5.74, 6) is 0.447. The zero-order chi connectivity index (χ0) is 15.2. The van der Waals surface area contributed by atoms with Crippen molar-refractivity contribution in [3.63, 3.8) is 0 Å². The molecule has 1 aromatic heterocycles. The largest absolute Gasteiger partial charge is 0.463 e. The first-order valence-electron chi connectivity index (χ1n) is 6.75. The molecular formula is C13H24ClN5O. The topological polar surface area (TPSA) is 63.2 Å². The Hall–Kier alpha value is -1.14. The molecule has 0 saturated carbocycles. The fourth-order valence-electron chi connectivity index (χ4n) is 1.90. The molecule has 114 valence electrons. The van der Waals surface area contributed by atoms with Crippen LogP contribution in [0.2, 0.25) is 5.28 Å². The van der Waals surface area contributed by atoms with Gasteiger partial charge in [-0.3, -0.25) is 0 Å². The zero-order valence-electron chi connectivity index (χ0n) is 12.9. The van der Waals surface area contributed by atoms with Crippen molar-refractivity contribution in [2.24, 2.45) is 5.41 Å². The molecule has 0 unspecified atom stereocenters. The number of halogens is 1. The number of hydrogen-bond acceptors (Lipinski definition) is 6. The summed E-state index contributed by atoms with van der Waals surface area (Å²) in [5, 5.41) is 3.33. The third-order valence-electron chi connectivity index (χ3n) is 2.49. The molecule has 0 aliphatic carbocycles. The Morgan fingerprint density at radius 1 is 1.25 bits per heavy atom. The van der Waals surface area contributed by atoms with Crippen molar-refractivity contribution in [1.29, 1.82) is 0 Å². The summed E-state index contributed by atoms with van der Waals surface area (Å²) in [6, 6.07) is 0.264. The highest BCUT2D eigenvalue weighted by atomic mass is 35.5. The van der Waals surface area contributed by atoms with Gasteiger partial charge in [0.1, 0.15) is 0 Å². The molecule has 0 aliphatic rings. The van der Waals surface area contributed by atoms with E-state index in [9.17, 15) is 0 Å². The molecule has 6 nitrogen and oxygen atoms in total. The van der Waals surface area contributed by atoms with Crippen LogP contribution < -0.4 is 10.1 Å². The molecule has 0 aliphatic heterocycles. The first kappa shape index (κ1) is 16.9. The number of rotatable bonds is 8. The molecule has 0 spiro atoms. The van der Waals surface area contributed by atoms with Gasteiger partial charge in [-0.1, -0.05) is 20.8 Å². The Morgan fingerprint density at radius 3 is 2.55 bits per heavy atom. The quantitative estimate of drug-likeness (QED) is 0.795. The predicted molar refractivity (Wildman–Crippen MR) is 81.4 cm³/mol. The Bertz CT molecular complexity index is 425. The molecule has 0 bridgehead atoms. The Labute approximate surface area is 125 Å². The number of ether oxygens (including phenoxy) is 1. The molecule has 0 saturated heterocycles. The molecule has 1 N–H and O–H groups in total. The van der Waals surface area contributed by atoms with E-state index in [1.54, 1.807) is 0 Å². The lowest BCUT2D eigenvalue weighted by atomic mass is 9.93. The Kier molecular flexibility index (Phi) is 6.42. The molecule has 0 amide bonds. The highest BCUT2D eigenvalue weighted by Gasteiger charge is 2.19. The predicted octanol–water partition coefficient (Wildman–Crippen LogP) is 2.31. The van der Waals surface area contributed by atoms with Crippen LogP contribution in [-0.2, 0) is 0 Å². The monoisotopic (exact) mass is 301 g/mol. The number of hydrogen-bond donors (Lipinski definition) is 1. The van der Waals surface area contributed by atoms with Crippen molar-refractivity contribution in [2.75, 3.05) is 39.1 Å². The van der Waals surface area contributed by atoms with Crippen LogP contribution in [0.4, 0.5) is 5.95 Å². The summed E-state index contributed by atoms with van der Waals surface area (Å²) in [6.07, 6.45) is 0.891. The maximum absolute atomic E-state index is 5.87. The minimum atomic E-state index is 0.0903. The average molecular weight is 302 g/mol. The molecular weight excluding hydrogens is 278 g/mol. The summed E-state index contributed by atoms with van der Waals surface area (Å²) < 4.78 is 5.38. The minimum absolute atomic E-state index is 0.0903. The smallest absolute Gasteiger partial charge is 0.322 e. The van der Waals surface area contributed by atoms with Crippen LogP contribution in [0.5, 0.6) is 6.01 Å². The highest BCUT2D eigenvalue weighted by molar-refractivity contribution is 6.28. The van der Waals surface area contributed by atoms with Crippen molar-refractivity contribution in [2.45, 2.75) is 27.2 Å². The number of nitrogens with one attached hydrogen (secondary N) is 1. The fourth-order valence-corrected chi connectivity index (χ4v) is 2.05.